The second-order valence-corrected chi connectivity index (χ2v) is 6.67. The first-order valence-corrected chi connectivity index (χ1v) is 7.87. The standard InChI is InChI=1S/C20H30O.Li.H/c1-16(8-6-9-17(2)13-15-21)11-12-19-18(3)10-7-14-20(19,4)5;;/h6,8-9,11-13,21H,7,10,14-15H2,1-5H3;;. The Kier molecular flexibility index (Phi) is 9.77. The molecule has 0 amide bonds. The zero-order valence-electron chi connectivity index (χ0n) is 14.2. The van der Waals surface area contributed by atoms with E-state index in [1.165, 1.54) is 36.0 Å². The van der Waals surface area contributed by atoms with Gasteiger partial charge in [-0.25, -0.2) is 0 Å². The van der Waals surface area contributed by atoms with Crippen LogP contribution in [-0.2, 0) is 0 Å². The number of hydrogen-bond donors (Lipinski definition) is 1. The Morgan fingerprint density at radius 2 is 1.86 bits per heavy atom. The van der Waals surface area contributed by atoms with Gasteiger partial charge >= 0.3 is 18.9 Å². The van der Waals surface area contributed by atoms with E-state index in [4.69, 9.17) is 5.11 Å². The molecule has 0 aromatic heterocycles. The van der Waals surface area contributed by atoms with Crippen LogP contribution in [0.25, 0.3) is 0 Å². The monoisotopic (exact) mass is 294 g/mol. The molecule has 0 heterocycles. The van der Waals surface area contributed by atoms with Crippen molar-refractivity contribution in [1.29, 1.82) is 0 Å². The second kappa shape index (κ2) is 10.1. The number of rotatable bonds is 5. The van der Waals surface area contributed by atoms with E-state index in [0.29, 0.717) is 5.41 Å². The fraction of sp³-hybridized carbons (Fsp3) is 0.500. The van der Waals surface area contributed by atoms with Crippen molar-refractivity contribution in [1.82, 2.24) is 0 Å². The summed E-state index contributed by atoms with van der Waals surface area (Å²) in [5.74, 6) is 0. The third kappa shape index (κ3) is 7.01. The van der Waals surface area contributed by atoms with Crippen LogP contribution in [0.15, 0.2) is 58.7 Å². The van der Waals surface area contributed by atoms with Crippen LogP contribution < -0.4 is 0 Å². The van der Waals surface area contributed by atoms with Gasteiger partial charge in [-0.2, -0.15) is 0 Å². The van der Waals surface area contributed by atoms with Crippen molar-refractivity contribution in [3.05, 3.63) is 58.7 Å². The van der Waals surface area contributed by atoms with Crippen LogP contribution in [0.1, 0.15) is 53.9 Å². The molecule has 0 bridgehead atoms. The van der Waals surface area contributed by atoms with Crippen LogP contribution >= 0.6 is 0 Å². The van der Waals surface area contributed by atoms with E-state index in [0.717, 1.165) is 5.57 Å². The zero-order valence-corrected chi connectivity index (χ0v) is 14.2. The summed E-state index contributed by atoms with van der Waals surface area (Å²) < 4.78 is 0. The molecular weight excluding hydrogens is 263 g/mol. The molecule has 0 aromatic carbocycles. The van der Waals surface area contributed by atoms with Gasteiger partial charge in [0.25, 0.3) is 0 Å². The quantitative estimate of drug-likeness (QED) is 0.567. The van der Waals surface area contributed by atoms with E-state index in [1.54, 1.807) is 6.08 Å². The Morgan fingerprint density at radius 3 is 2.45 bits per heavy atom. The summed E-state index contributed by atoms with van der Waals surface area (Å²) in [6.07, 6.45) is 16.3. The molecule has 1 N–H and O–H groups in total. The molecule has 0 saturated heterocycles. The van der Waals surface area contributed by atoms with Gasteiger partial charge in [-0.1, -0.05) is 67.0 Å². The summed E-state index contributed by atoms with van der Waals surface area (Å²) in [5.41, 5.74) is 5.66. The summed E-state index contributed by atoms with van der Waals surface area (Å²) in [4.78, 5) is 0. The van der Waals surface area contributed by atoms with Crippen LogP contribution in [0.2, 0.25) is 0 Å². The molecule has 0 spiro atoms. The van der Waals surface area contributed by atoms with Gasteiger partial charge in [-0.3, -0.25) is 0 Å². The molecule has 0 aliphatic heterocycles. The van der Waals surface area contributed by atoms with E-state index in [9.17, 15) is 0 Å². The predicted octanol–water partition coefficient (Wildman–Crippen LogP) is 4.86. The van der Waals surface area contributed by atoms with Gasteiger partial charge in [0.2, 0.25) is 0 Å². The number of aliphatic hydroxyl groups is 1. The Labute approximate surface area is 148 Å². The first kappa shape index (κ1) is 21.3. The average molecular weight is 294 g/mol. The Hall–Kier alpha value is -0.743. The molecule has 118 valence electrons. The van der Waals surface area contributed by atoms with E-state index in [-0.39, 0.29) is 25.5 Å². The summed E-state index contributed by atoms with van der Waals surface area (Å²) >= 11 is 0. The summed E-state index contributed by atoms with van der Waals surface area (Å²) in [6, 6.07) is 0. The van der Waals surface area contributed by atoms with Gasteiger partial charge in [-0.15, -0.1) is 0 Å². The summed E-state index contributed by atoms with van der Waals surface area (Å²) in [5, 5.41) is 8.81. The average Bonchev–Trinajstić information content (AvgIpc) is 2.37. The third-order valence-corrected chi connectivity index (χ3v) is 4.19. The SMILES string of the molecule is CC(C=CC1=C(C)CCCC1(C)C)=CC=CC(C)=CCO.[LiH]. The fourth-order valence-corrected chi connectivity index (χ4v) is 2.84. The second-order valence-electron chi connectivity index (χ2n) is 6.67. The van der Waals surface area contributed by atoms with E-state index < -0.39 is 0 Å². The van der Waals surface area contributed by atoms with E-state index in [1.807, 2.05) is 19.1 Å². The van der Waals surface area contributed by atoms with Crippen molar-refractivity contribution in [2.45, 2.75) is 53.9 Å². The third-order valence-electron chi connectivity index (χ3n) is 4.19. The minimum atomic E-state index is 0. The molecule has 0 fully saturated rings. The number of hydrogen-bond acceptors (Lipinski definition) is 1. The van der Waals surface area contributed by atoms with Gasteiger partial charge in [-0.05, 0) is 51.0 Å². The van der Waals surface area contributed by atoms with Crippen LogP contribution in [0.4, 0.5) is 0 Å². The van der Waals surface area contributed by atoms with Crippen LogP contribution in [0.5, 0.6) is 0 Å². The van der Waals surface area contributed by atoms with Crippen LogP contribution in [0.3, 0.4) is 0 Å². The normalized spacial score (nSPS) is 19.9. The van der Waals surface area contributed by atoms with Crippen molar-refractivity contribution in [2.75, 3.05) is 6.61 Å². The zero-order chi connectivity index (χ0) is 15.9. The van der Waals surface area contributed by atoms with Crippen molar-refractivity contribution >= 4 is 18.9 Å². The van der Waals surface area contributed by atoms with Gasteiger partial charge in [0.1, 0.15) is 0 Å². The molecule has 0 atom stereocenters. The molecule has 0 saturated carbocycles. The van der Waals surface area contributed by atoms with Crippen molar-refractivity contribution in [3.8, 4) is 0 Å². The van der Waals surface area contributed by atoms with Crippen LogP contribution in [-0.4, -0.2) is 30.6 Å². The molecule has 1 rings (SSSR count). The Morgan fingerprint density at radius 1 is 1.18 bits per heavy atom. The van der Waals surface area contributed by atoms with Crippen molar-refractivity contribution in [2.24, 2.45) is 5.41 Å². The number of allylic oxidation sites excluding steroid dienone is 9. The first-order chi connectivity index (χ1) is 9.86. The van der Waals surface area contributed by atoms with Gasteiger partial charge in [0.05, 0.1) is 6.61 Å². The van der Waals surface area contributed by atoms with Crippen molar-refractivity contribution in [3.63, 3.8) is 0 Å². The van der Waals surface area contributed by atoms with Crippen molar-refractivity contribution < 1.29 is 5.11 Å². The molecular formula is C20H31LiO. The minimum absolute atomic E-state index is 0. The molecule has 0 aromatic rings. The predicted molar refractivity (Wildman–Crippen MR) is 100 cm³/mol. The molecule has 0 radical (unpaired) electrons. The van der Waals surface area contributed by atoms with E-state index in [2.05, 4.69) is 45.9 Å². The molecule has 1 aliphatic rings. The van der Waals surface area contributed by atoms with Gasteiger partial charge in [0, 0.05) is 0 Å². The molecule has 0 unspecified atom stereocenters. The molecule has 22 heavy (non-hydrogen) atoms. The molecule has 2 heteroatoms. The summed E-state index contributed by atoms with van der Waals surface area (Å²) in [7, 11) is 0. The number of aliphatic hydroxyl groups excluding tert-OH is 1. The summed E-state index contributed by atoms with van der Waals surface area (Å²) in [6.45, 7) is 11.2. The van der Waals surface area contributed by atoms with Gasteiger partial charge < -0.3 is 5.11 Å². The maximum absolute atomic E-state index is 8.81. The van der Waals surface area contributed by atoms with E-state index >= 15 is 0 Å². The topological polar surface area (TPSA) is 20.2 Å². The molecule has 1 aliphatic carbocycles. The Bertz CT molecular complexity index is 502. The molecule has 1 nitrogen and oxygen atoms in total. The van der Waals surface area contributed by atoms with Gasteiger partial charge in [0.15, 0.2) is 0 Å². The first-order valence-electron chi connectivity index (χ1n) is 7.87. The fourth-order valence-electron chi connectivity index (χ4n) is 2.84. The Balaban J connectivity index is 0.00000441. The van der Waals surface area contributed by atoms with Crippen LogP contribution in [0, 0.1) is 5.41 Å². The maximum atomic E-state index is 8.81.